The second-order valence-corrected chi connectivity index (χ2v) is 4.51. The molecule has 0 amide bonds. The standard InChI is InChI=1S/C12H19N3/c1-15(2)9-12-5-3-4-11(14-12)8-13-10-6-7-10/h3-5,10,13H,6-9H2,1-2H3. The first-order chi connectivity index (χ1) is 7.24. The van der Waals surface area contributed by atoms with Crippen LogP contribution in [0.1, 0.15) is 24.2 Å². The zero-order valence-corrected chi connectivity index (χ0v) is 9.53. The zero-order chi connectivity index (χ0) is 10.7. The molecule has 1 aliphatic carbocycles. The summed E-state index contributed by atoms with van der Waals surface area (Å²) in [5.41, 5.74) is 2.30. The SMILES string of the molecule is CN(C)Cc1cccc(CNC2CC2)n1. The molecule has 0 saturated heterocycles. The summed E-state index contributed by atoms with van der Waals surface area (Å²) in [5, 5.41) is 3.48. The van der Waals surface area contributed by atoms with E-state index in [-0.39, 0.29) is 0 Å². The number of nitrogens with zero attached hydrogens (tertiary/aromatic N) is 2. The lowest BCUT2D eigenvalue weighted by atomic mass is 10.3. The van der Waals surface area contributed by atoms with Crippen molar-refractivity contribution in [1.82, 2.24) is 15.2 Å². The zero-order valence-electron chi connectivity index (χ0n) is 9.53. The monoisotopic (exact) mass is 205 g/mol. The van der Waals surface area contributed by atoms with Crippen LogP contribution in [0.15, 0.2) is 18.2 Å². The molecule has 82 valence electrons. The molecule has 0 radical (unpaired) electrons. The average molecular weight is 205 g/mol. The summed E-state index contributed by atoms with van der Waals surface area (Å²) in [5.74, 6) is 0. The Morgan fingerprint density at radius 3 is 2.73 bits per heavy atom. The van der Waals surface area contributed by atoms with Gasteiger partial charge in [0, 0.05) is 19.1 Å². The summed E-state index contributed by atoms with van der Waals surface area (Å²) in [6.45, 7) is 1.82. The Balaban J connectivity index is 1.91. The minimum absolute atomic E-state index is 0.754. The summed E-state index contributed by atoms with van der Waals surface area (Å²) in [4.78, 5) is 6.75. The number of hydrogen-bond donors (Lipinski definition) is 1. The highest BCUT2D eigenvalue weighted by Crippen LogP contribution is 2.19. The third-order valence-corrected chi connectivity index (χ3v) is 2.49. The van der Waals surface area contributed by atoms with E-state index in [1.165, 1.54) is 12.8 Å². The van der Waals surface area contributed by atoms with Crippen LogP contribution < -0.4 is 5.32 Å². The molecule has 1 N–H and O–H groups in total. The van der Waals surface area contributed by atoms with Gasteiger partial charge in [-0.25, -0.2) is 0 Å². The van der Waals surface area contributed by atoms with E-state index >= 15 is 0 Å². The smallest absolute Gasteiger partial charge is 0.0547 e. The number of pyridine rings is 1. The van der Waals surface area contributed by atoms with Crippen molar-refractivity contribution in [3.05, 3.63) is 29.6 Å². The summed E-state index contributed by atoms with van der Waals surface area (Å²) in [7, 11) is 4.13. The van der Waals surface area contributed by atoms with Crippen molar-refractivity contribution in [2.45, 2.75) is 32.0 Å². The van der Waals surface area contributed by atoms with E-state index in [2.05, 4.69) is 47.5 Å². The molecule has 0 bridgehead atoms. The number of hydrogen-bond acceptors (Lipinski definition) is 3. The van der Waals surface area contributed by atoms with Crippen molar-refractivity contribution < 1.29 is 0 Å². The molecule has 1 saturated carbocycles. The largest absolute Gasteiger partial charge is 0.308 e. The third-order valence-electron chi connectivity index (χ3n) is 2.49. The summed E-state index contributed by atoms with van der Waals surface area (Å²) in [6, 6.07) is 7.02. The molecule has 0 atom stereocenters. The van der Waals surface area contributed by atoms with Crippen LogP contribution in [-0.4, -0.2) is 30.0 Å². The lowest BCUT2D eigenvalue weighted by molar-refractivity contribution is 0.396. The Bertz CT molecular complexity index is 318. The highest BCUT2D eigenvalue weighted by molar-refractivity contribution is 5.11. The van der Waals surface area contributed by atoms with Gasteiger partial charge in [0.2, 0.25) is 0 Å². The molecule has 3 nitrogen and oxygen atoms in total. The van der Waals surface area contributed by atoms with Gasteiger partial charge in [0.15, 0.2) is 0 Å². The molecule has 1 heterocycles. The molecule has 1 fully saturated rings. The van der Waals surface area contributed by atoms with E-state index in [1.54, 1.807) is 0 Å². The predicted octanol–water partition coefficient (Wildman–Crippen LogP) is 1.40. The third kappa shape index (κ3) is 3.61. The molecular weight excluding hydrogens is 186 g/mol. The van der Waals surface area contributed by atoms with Crippen molar-refractivity contribution in [3.63, 3.8) is 0 Å². The first kappa shape index (κ1) is 10.6. The van der Waals surface area contributed by atoms with Crippen molar-refractivity contribution in [2.24, 2.45) is 0 Å². The molecule has 1 aromatic heterocycles. The fraction of sp³-hybridized carbons (Fsp3) is 0.583. The first-order valence-corrected chi connectivity index (χ1v) is 5.57. The van der Waals surface area contributed by atoms with E-state index in [4.69, 9.17) is 0 Å². The molecule has 1 aliphatic rings. The molecule has 1 aromatic rings. The summed E-state index contributed by atoms with van der Waals surface area (Å²) >= 11 is 0. The maximum atomic E-state index is 4.61. The van der Waals surface area contributed by atoms with Gasteiger partial charge in [-0.1, -0.05) is 6.07 Å². The minimum Gasteiger partial charge on any atom is -0.308 e. The van der Waals surface area contributed by atoms with Crippen LogP contribution in [0.4, 0.5) is 0 Å². The Morgan fingerprint density at radius 1 is 1.33 bits per heavy atom. The van der Waals surface area contributed by atoms with Crippen LogP contribution in [0.5, 0.6) is 0 Å². The van der Waals surface area contributed by atoms with Gasteiger partial charge in [-0.05, 0) is 39.1 Å². The fourth-order valence-corrected chi connectivity index (χ4v) is 1.58. The van der Waals surface area contributed by atoms with Gasteiger partial charge in [-0.3, -0.25) is 4.98 Å². The van der Waals surface area contributed by atoms with Crippen molar-refractivity contribution in [1.29, 1.82) is 0 Å². The summed E-state index contributed by atoms with van der Waals surface area (Å²) < 4.78 is 0. The molecule has 2 rings (SSSR count). The maximum absolute atomic E-state index is 4.61. The summed E-state index contributed by atoms with van der Waals surface area (Å²) in [6.07, 6.45) is 2.66. The van der Waals surface area contributed by atoms with E-state index in [0.29, 0.717) is 0 Å². The highest BCUT2D eigenvalue weighted by Gasteiger charge is 2.20. The van der Waals surface area contributed by atoms with Crippen LogP contribution >= 0.6 is 0 Å². The van der Waals surface area contributed by atoms with Crippen LogP contribution in [-0.2, 0) is 13.1 Å². The van der Waals surface area contributed by atoms with Crippen LogP contribution in [0, 0.1) is 0 Å². The lowest BCUT2D eigenvalue weighted by Crippen LogP contribution is -2.17. The topological polar surface area (TPSA) is 28.2 Å². The molecular formula is C12H19N3. The maximum Gasteiger partial charge on any atom is 0.0547 e. The average Bonchev–Trinajstić information content (AvgIpc) is 2.97. The second kappa shape index (κ2) is 4.73. The Morgan fingerprint density at radius 2 is 2.07 bits per heavy atom. The number of rotatable bonds is 5. The van der Waals surface area contributed by atoms with Crippen LogP contribution in [0.2, 0.25) is 0 Å². The minimum atomic E-state index is 0.754. The predicted molar refractivity (Wildman–Crippen MR) is 61.5 cm³/mol. The molecule has 0 spiro atoms. The van der Waals surface area contributed by atoms with Gasteiger partial charge in [0.25, 0.3) is 0 Å². The number of aromatic nitrogens is 1. The second-order valence-electron chi connectivity index (χ2n) is 4.51. The molecule has 0 unspecified atom stereocenters. The molecule has 15 heavy (non-hydrogen) atoms. The van der Waals surface area contributed by atoms with E-state index in [1.807, 2.05) is 0 Å². The normalized spacial score (nSPS) is 15.9. The van der Waals surface area contributed by atoms with Gasteiger partial charge < -0.3 is 10.2 Å². The molecule has 0 aromatic carbocycles. The number of nitrogens with one attached hydrogen (secondary N) is 1. The lowest BCUT2D eigenvalue weighted by Gasteiger charge is -2.10. The van der Waals surface area contributed by atoms with E-state index in [0.717, 1.165) is 30.5 Å². The van der Waals surface area contributed by atoms with Crippen molar-refractivity contribution in [2.75, 3.05) is 14.1 Å². The van der Waals surface area contributed by atoms with Crippen LogP contribution in [0.25, 0.3) is 0 Å². The van der Waals surface area contributed by atoms with E-state index in [9.17, 15) is 0 Å². The van der Waals surface area contributed by atoms with Crippen molar-refractivity contribution >= 4 is 0 Å². The van der Waals surface area contributed by atoms with E-state index < -0.39 is 0 Å². The first-order valence-electron chi connectivity index (χ1n) is 5.57. The Labute approximate surface area is 91.5 Å². The van der Waals surface area contributed by atoms with Crippen molar-refractivity contribution in [3.8, 4) is 0 Å². The highest BCUT2D eigenvalue weighted by atomic mass is 15.1. The van der Waals surface area contributed by atoms with Gasteiger partial charge in [0.05, 0.1) is 11.4 Å². The van der Waals surface area contributed by atoms with Crippen LogP contribution in [0.3, 0.4) is 0 Å². The fourth-order valence-electron chi connectivity index (χ4n) is 1.58. The van der Waals surface area contributed by atoms with Gasteiger partial charge in [-0.2, -0.15) is 0 Å². The Hall–Kier alpha value is -0.930. The van der Waals surface area contributed by atoms with Gasteiger partial charge in [0.1, 0.15) is 0 Å². The Kier molecular flexibility index (Phi) is 3.34. The quantitative estimate of drug-likeness (QED) is 0.787. The molecule has 3 heteroatoms. The van der Waals surface area contributed by atoms with Gasteiger partial charge >= 0.3 is 0 Å². The van der Waals surface area contributed by atoms with Gasteiger partial charge in [-0.15, -0.1) is 0 Å². The molecule has 0 aliphatic heterocycles.